The van der Waals surface area contributed by atoms with Crippen LogP contribution in [-0.4, -0.2) is 25.2 Å². The summed E-state index contributed by atoms with van der Waals surface area (Å²) in [4.78, 5) is 11.4. The average Bonchev–Trinajstić information content (AvgIpc) is 2.70. The van der Waals surface area contributed by atoms with Gasteiger partial charge in [-0.05, 0) is 31.5 Å². The van der Waals surface area contributed by atoms with E-state index in [-0.39, 0.29) is 29.4 Å². The van der Waals surface area contributed by atoms with Gasteiger partial charge in [-0.3, -0.25) is 4.79 Å². The zero-order valence-corrected chi connectivity index (χ0v) is 11.4. The maximum atomic E-state index is 12.3. The molecule has 1 amide bonds. The van der Waals surface area contributed by atoms with Crippen LogP contribution in [0.1, 0.15) is 31.7 Å². The van der Waals surface area contributed by atoms with Crippen LogP contribution in [0.25, 0.3) is 0 Å². The molecule has 110 valence electrons. The highest BCUT2D eigenvalue weighted by Crippen LogP contribution is 2.35. The number of nitrogens with one attached hydrogen (secondary N) is 1. The molecule has 1 heterocycles. The van der Waals surface area contributed by atoms with Gasteiger partial charge in [0, 0.05) is 18.4 Å². The summed E-state index contributed by atoms with van der Waals surface area (Å²) in [6.45, 7) is 1.14. The summed E-state index contributed by atoms with van der Waals surface area (Å²) < 4.78 is 34.4. The Morgan fingerprint density at radius 1 is 1.40 bits per heavy atom. The van der Waals surface area contributed by atoms with Crippen LogP contribution in [0.15, 0.2) is 18.2 Å². The summed E-state index contributed by atoms with van der Waals surface area (Å²) in [5, 5.41) is 2.83. The molecule has 1 aliphatic rings. The molecule has 2 rings (SSSR count). The number of amides is 1. The molecule has 20 heavy (non-hydrogen) atoms. The van der Waals surface area contributed by atoms with Crippen LogP contribution in [0, 0.1) is 0 Å². The molecule has 2 atom stereocenters. The van der Waals surface area contributed by atoms with Crippen LogP contribution in [-0.2, 0) is 4.79 Å². The quantitative estimate of drug-likeness (QED) is 0.904. The molecule has 0 radical (unpaired) electrons. The molecule has 2 unspecified atom stereocenters. The molecule has 1 aromatic rings. The zero-order valence-electron chi connectivity index (χ0n) is 11.4. The third kappa shape index (κ3) is 3.18. The number of carbonyl (C=O) groups excluding carboxylic acids is 1. The van der Waals surface area contributed by atoms with E-state index in [1.807, 2.05) is 6.92 Å². The largest absolute Gasteiger partial charge is 0.490 e. The second-order valence-electron chi connectivity index (χ2n) is 4.68. The molecule has 1 saturated heterocycles. The Labute approximate surface area is 116 Å². The van der Waals surface area contributed by atoms with Crippen molar-refractivity contribution in [1.29, 1.82) is 0 Å². The van der Waals surface area contributed by atoms with Crippen LogP contribution in [0.5, 0.6) is 11.5 Å². The molecule has 0 saturated carbocycles. The van der Waals surface area contributed by atoms with Crippen LogP contribution in [0.2, 0.25) is 0 Å². The maximum absolute atomic E-state index is 12.3. The summed E-state index contributed by atoms with van der Waals surface area (Å²) in [6.07, 6.45) is 0.391. The van der Waals surface area contributed by atoms with Crippen molar-refractivity contribution in [3.8, 4) is 11.5 Å². The summed E-state index contributed by atoms with van der Waals surface area (Å²) in [5.74, 6) is 0.294. The van der Waals surface area contributed by atoms with Gasteiger partial charge in [0.25, 0.3) is 0 Å². The van der Waals surface area contributed by atoms with E-state index < -0.39 is 6.61 Å². The number of rotatable bonds is 5. The Hall–Kier alpha value is -1.85. The van der Waals surface area contributed by atoms with Gasteiger partial charge in [0.05, 0.1) is 6.61 Å². The summed E-state index contributed by atoms with van der Waals surface area (Å²) in [7, 11) is 0. The van der Waals surface area contributed by atoms with Crippen LogP contribution < -0.4 is 14.8 Å². The van der Waals surface area contributed by atoms with Gasteiger partial charge in [-0.1, -0.05) is 6.07 Å². The predicted molar refractivity (Wildman–Crippen MR) is 69.2 cm³/mol. The molecule has 0 aromatic heterocycles. The fraction of sp³-hybridized carbons (Fsp3) is 0.500. The number of carbonyl (C=O) groups is 1. The van der Waals surface area contributed by atoms with Gasteiger partial charge >= 0.3 is 6.61 Å². The smallest absolute Gasteiger partial charge is 0.387 e. The van der Waals surface area contributed by atoms with Crippen LogP contribution in [0.3, 0.4) is 0 Å². The Balaban J connectivity index is 2.27. The standard InChI is InChI=1S/C14H17F2NO3/c1-3-19-12-6-9(4-5-11(12)20-14(15)16)10-7-13(18)17-8(10)2/h4-6,8,10,14H,3,7H2,1-2H3,(H,17,18). The van der Waals surface area contributed by atoms with Gasteiger partial charge in [-0.15, -0.1) is 0 Å². The van der Waals surface area contributed by atoms with Crippen molar-refractivity contribution in [2.45, 2.75) is 38.8 Å². The van der Waals surface area contributed by atoms with Crippen molar-refractivity contribution in [3.05, 3.63) is 23.8 Å². The highest BCUT2D eigenvalue weighted by Gasteiger charge is 2.30. The number of alkyl halides is 2. The first-order valence-corrected chi connectivity index (χ1v) is 6.52. The first-order valence-electron chi connectivity index (χ1n) is 6.52. The summed E-state index contributed by atoms with van der Waals surface area (Å²) in [6, 6.07) is 4.84. The molecule has 4 nitrogen and oxygen atoms in total. The lowest BCUT2D eigenvalue weighted by Crippen LogP contribution is -2.24. The average molecular weight is 285 g/mol. The van der Waals surface area contributed by atoms with Crippen LogP contribution in [0.4, 0.5) is 8.78 Å². The number of hydrogen-bond donors (Lipinski definition) is 1. The van der Waals surface area contributed by atoms with Gasteiger partial charge in [-0.2, -0.15) is 8.78 Å². The fourth-order valence-electron chi connectivity index (χ4n) is 2.41. The third-order valence-electron chi connectivity index (χ3n) is 3.31. The minimum Gasteiger partial charge on any atom is -0.490 e. The molecule has 1 N–H and O–H groups in total. The second kappa shape index (κ2) is 6.07. The van der Waals surface area contributed by atoms with E-state index >= 15 is 0 Å². The summed E-state index contributed by atoms with van der Waals surface area (Å²) >= 11 is 0. The molecule has 1 aromatic carbocycles. The minimum atomic E-state index is -2.89. The minimum absolute atomic E-state index is 0.00614. The van der Waals surface area contributed by atoms with Crippen molar-refractivity contribution in [2.24, 2.45) is 0 Å². The van der Waals surface area contributed by atoms with Crippen molar-refractivity contribution in [1.82, 2.24) is 5.32 Å². The van der Waals surface area contributed by atoms with Gasteiger partial charge in [0.2, 0.25) is 5.91 Å². The normalized spacial score (nSPS) is 21.9. The highest BCUT2D eigenvalue weighted by molar-refractivity contribution is 5.80. The van der Waals surface area contributed by atoms with Gasteiger partial charge in [0.1, 0.15) is 0 Å². The zero-order chi connectivity index (χ0) is 14.7. The van der Waals surface area contributed by atoms with E-state index in [1.165, 1.54) is 6.07 Å². The fourth-order valence-corrected chi connectivity index (χ4v) is 2.41. The van der Waals surface area contributed by atoms with E-state index in [2.05, 4.69) is 10.1 Å². The van der Waals surface area contributed by atoms with E-state index in [9.17, 15) is 13.6 Å². The lowest BCUT2D eigenvalue weighted by atomic mass is 9.92. The molecule has 1 fully saturated rings. The predicted octanol–water partition coefficient (Wildman–Crippen LogP) is 2.68. The van der Waals surface area contributed by atoms with Crippen molar-refractivity contribution >= 4 is 5.91 Å². The van der Waals surface area contributed by atoms with Crippen molar-refractivity contribution < 1.29 is 23.0 Å². The van der Waals surface area contributed by atoms with E-state index in [4.69, 9.17) is 4.74 Å². The number of ether oxygens (including phenoxy) is 2. The van der Waals surface area contributed by atoms with Gasteiger partial charge < -0.3 is 14.8 Å². The molecule has 1 aliphatic heterocycles. The molecule has 6 heteroatoms. The van der Waals surface area contributed by atoms with Gasteiger partial charge in [0.15, 0.2) is 11.5 Å². The van der Waals surface area contributed by atoms with E-state index in [1.54, 1.807) is 19.1 Å². The Kier molecular flexibility index (Phi) is 4.42. The second-order valence-corrected chi connectivity index (χ2v) is 4.68. The van der Waals surface area contributed by atoms with E-state index in [0.29, 0.717) is 13.0 Å². The number of hydrogen-bond acceptors (Lipinski definition) is 3. The SMILES string of the molecule is CCOc1cc(C2CC(=O)NC2C)ccc1OC(F)F. The molecular formula is C14H17F2NO3. The first kappa shape index (κ1) is 14.6. The van der Waals surface area contributed by atoms with E-state index in [0.717, 1.165) is 5.56 Å². The molecular weight excluding hydrogens is 268 g/mol. The summed E-state index contributed by atoms with van der Waals surface area (Å²) in [5.41, 5.74) is 0.876. The van der Waals surface area contributed by atoms with Crippen molar-refractivity contribution in [3.63, 3.8) is 0 Å². The molecule has 0 aliphatic carbocycles. The third-order valence-corrected chi connectivity index (χ3v) is 3.31. The Morgan fingerprint density at radius 2 is 2.15 bits per heavy atom. The first-order chi connectivity index (χ1) is 9.51. The van der Waals surface area contributed by atoms with Crippen LogP contribution >= 0.6 is 0 Å². The monoisotopic (exact) mass is 285 g/mol. The molecule has 0 bridgehead atoms. The lowest BCUT2D eigenvalue weighted by molar-refractivity contribution is -0.119. The van der Waals surface area contributed by atoms with Crippen molar-refractivity contribution in [2.75, 3.05) is 6.61 Å². The van der Waals surface area contributed by atoms with Gasteiger partial charge in [-0.25, -0.2) is 0 Å². The number of benzene rings is 1. The topological polar surface area (TPSA) is 47.6 Å². The number of halogens is 2. The highest BCUT2D eigenvalue weighted by atomic mass is 19.3. The molecule has 0 spiro atoms. The Morgan fingerprint density at radius 3 is 2.70 bits per heavy atom. The lowest BCUT2D eigenvalue weighted by Gasteiger charge is -2.17. The Bertz CT molecular complexity index is 493. The maximum Gasteiger partial charge on any atom is 0.387 e.